The number of aliphatic hydroxyl groups excluding tert-OH is 1. The quantitative estimate of drug-likeness (QED) is 0.646. The molecule has 0 radical (unpaired) electrons. The summed E-state index contributed by atoms with van der Waals surface area (Å²) in [6, 6.07) is 4.62. The molecule has 2 heterocycles. The second-order valence-electron chi connectivity index (χ2n) is 7.70. The SMILES string of the molecule is CC(=O)N1c2ccc(C(N)=O)cc2[C@H](Nc2ncc(Cl)cn2)[C@@H](CC[C@@H](C)O)[C@@H]1C. The van der Waals surface area contributed by atoms with E-state index in [-0.39, 0.29) is 23.9 Å². The molecular weight excluding hydrogens is 406 g/mol. The first-order valence-corrected chi connectivity index (χ1v) is 10.2. The van der Waals surface area contributed by atoms with Gasteiger partial charge in [0.05, 0.1) is 29.6 Å². The van der Waals surface area contributed by atoms with Crippen molar-refractivity contribution in [2.45, 2.75) is 51.8 Å². The maximum Gasteiger partial charge on any atom is 0.248 e. The number of aliphatic hydroxyl groups is 1. The normalized spacial score (nSPS) is 21.6. The molecule has 1 aromatic carbocycles. The molecule has 1 aromatic heterocycles. The van der Waals surface area contributed by atoms with E-state index >= 15 is 0 Å². The van der Waals surface area contributed by atoms with Crippen LogP contribution in [0.4, 0.5) is 11.6 Å². The zero-order valence-corrected chi connectivity index (χ0v) is 17.9. The van der Waals surface area contributed by atoms with Gasteiger partial charge < -0.3 is 21.1 Å². The van der Waals surface area contributed by atoms with E-state index in [4.69, 9.17) is 17.3 Å². The highest BCUT2D eigenvalue weighted by molar-refractivity contribution is 6.30. The van der Waals surface area contributed by atoms with Crippen LogP contribution >= 0.6 is 11.6 Å². The highest BCUT2D eigenvalue weighted by atomic mass is 35.5. The zero-order valence-electron chi connectivity index (χ0n) is 17.2. The topological polar surface area (TPSA) is 121 Å². The summed E-state index contributed by atoms with van der Waals surface area (Å²) in [5.74, 6) is -0.338. The minimum atomic E-state index is -0.548. The summed E-state index contributed by atoms with van der Waals surface area (Å²) in [5, 5.41) is 13.6. The Hall–Kier alpha value is -2.71. The van der Waals surface area contributed by atoms with Gasteiger partial charge in [-0.2, -0.15) is 0 Å². The number of carbonyl (C=O) groups is 2. The van der Waals surface area contributed by atoms with E-state index in [0.29, 0.717) is 35.1 Å². The summed E-state index contributed by atoms with van der Waals surface area (Å²) in [4.78, 5) is 34.5. The Morgan fingerprint density at radius 3 is 2.57 bits per heavy atom. The van der Waals surface area contributed by atoms with Crippen LogP contribution in [0.15, 0.2) is 30.6 Å². The molecule has 30 heavy (non-hydrogen) atoms. The van der Waals surface area contributed by atoms with Gasteiger partial charge >= 0.3 is 0 Å². The number of carbonyl (C=O) groups excluding carboxylic acids is 2. The first kappa shape index (κ1) is 22.0. The number of nitrogens with one attached hydrogen (secondary N) is 1. The number of benzene rings is 1. The molecule has 3 rings (SSSR count). The third kappa shape index (κ3) is 4.55. The van der Waals surface area contributed by atoms with Crippen LogP contribution in [0.1, 0.15) is 55.6 Å². The van der Waals surface area contributed by atoms with Crippen LogP contribution in [0.3, 0.4) is 0 Å². The summed E-state index contributed by atoms with van der Waals surface area (Å²) < 4.78 is 0. The van der Waals surface area contributed by atoms with E-state index in [2.05, 4.69) is 15.3 Å². The van der Waals surface area contributed by atoms with Crippen molar-refractivity contribution in [1.82, 2.24) is 9.97 Å². The molecule has 0 bridgehead atoms. The molecule has 0 saturated heterocycles. The van der Waals surface area contributed by atoms with Crippen LogP contribution in [-0.4, -0.2) is 39.0 Å². The maximum atomic E-state index is 12.5. The number of anilines is 2. The first-order chi connectivity index (χ1) is 14.2. The Labute approximate surface area is 180 Å². The molecule has 1 aliphatic rings. The third-order valence-corrected chi connectivity index (χ3v) is 5.72. The van der Waals surface area contributed by atoms with Crippen molar-refractivity contribution in [3.8, 4) is 0 Å². The van der Waals surface area contributed by atoms with E-state index in [0.717, 1.165) is 5.56 Å². The molecular formula is C21H26ClN5O3. The number of nitrogens with zero attached hydrogens (tertiary/aromatic N) is 3. The van der Waals surface area contributed by atoms with Gasteiger partial charge in [0, 0.05) is 30.1 Å². The van der Waals surface area contributed by atoms with Crippen molar-refractivity contribution >= 4 is 35.1 Å². The molecule has 4 atom stereocenters. The van der Waals surface area contributed by atoms with Crippen LogP contribution in [-0.2, 0) is 4.79 Å². The van der Waals surface area contributed by atoms with Gasteiger partial charge in [0.1, 0.15) is 0 Å². The number of nitrogens with two attached hydrogens (primary N) is 1. The standard InChI is InChI=1S/C21H26ClN5O3/c1-11(28)4-6-16-12(2)27(13(3)29)18-7-5-14(20(23)30)8-17(18)19(16)26-21-24-9-15(22)10-25-21/h5,7-12,16,19,28H,4,6H2,1-3H3,(H2,23,30)(H,24,25,26)/t11-,12+,16+,19-/m1/s1. The van der Waals surface area contributed by atoms with Gasteiger partial charge in [-0.3, -0.25) is 9.59 Å². The van der Waals surface area contributed by atoms with Crippen molar-refractivity contribution < 1.29 is 14.7 Å². The molecule has 1 aliphatic heterocycles. The van der Waals surface area contributed by atoms with E-state index < -0.39 is 12.0 Å². The lowest BCUT2D eigenvalue weighted by Crippen LogP contribution is -2.49. The number of aromatic nitrogens is 2. The predicted octanol–water partition coefficient (Wildman–Crippen LogP) is 2.91. The average molecular weight is 432 g/mol. The Bertz CT molecular complexity index is 935. The number of hydrogen-bond acceptors (Lipinski definition) is 6. The number of rotatable bonds is 6. The van der Waals surface area contributed by atoms with Gasteiger partial charge in [0.25, 0.3) is 0 Å². The summed E-state index contributed by atoms with van der Waals surface area (Å²) >= 11 is 5.91. The number of amides is 2. The zero-order chi connectivity index (χ0) is 22.0. The average Bonchev–Trinajstić information content (AvgIpc) is 2.68. The van der Waals surface area contributed by atoms with Crippen LogP contribution in [0.25, 0.3) is 0 Å². The highest BCUT2D eigenvalue weighted by Gasteiger charge is 2.41. The second kappa shape index (κ2) is 8.97. The second-order valence-corrected chi connectivity index (χ2v) is 8.14. The largest absolute Gasteiger partial charge is 0.393 e. The fourth-order valence-corrected chi connectivity index (χ4v) is 4.20. The van der Waals surface area contributed by atoms with Gasteiger partial charge in [-0.05, 0) is 50.5 Å². The van der Waals surface area contributed by atoms with E-state index in [9.17, 15) is 14.7 Å². The van der Waals surface area contributed by atoms with Gasteiger partial charge in [-0.1, -0.05) is 11.6 Å². The molecule has 0 spiro atoms. The Morgan fingerprint density at radius 1 is 1.33 bits per heavy atom. The molecule has 160 valence electrons. The molecule has 8 nitrogen and oxygen atoms in total. The van der Waals surface area contributed by atoms with Gasteiger partial charge in [0.15, 0.2) is 0 Å². The van der Waals surface area contributed by atoms with Crippen LogP contribution < -0.4 is 16.0 Å². The molecule has 0 unspecified atom stereocenters. The Morgan fingerprint density at radius 2 is 2.00 bits per heavy atom. The molecule has 2 aromatic rings. The Balaban J connectivity index is 2.12. The number of primary amides is 1. The number of fused-ring (bicyclic) bond motifs is 1. The van der Waals surface area contributed by atoms with Gasteiger partial charge in [0.2, 0.25) is 17.8 Å². The fraction of sp³-hybridized carbons (Fsp3) is 0.429. The molecule has 2 amide bonds. The van der Waals surface area contributed by atoms with Gasteiger partial charge in [-0.15, -0.1) is 0 Å². The number of hydrogen-bond donors (Lipinski definition) is 3. The lowest BCUT2D eigenvalue weighted by atomic mass is 9.78. The molecule has 4 N–H and O–H groups in total. The summed E-state index contributed by atoms with van der Waals surface area (Å²) in [6.07, 6.45) is 3.72. The fourth-order valence-electron chi connectivity index (χ4n) is 4.10. The maximum absolute atomic E-state index is 12.5. The van der Waals surface area contributed by atoms with Crippen molar-refractivity contribution in [3.63, 3.8) is 0 Å². The third-order valence-electron chi connectivity index (χ3n) is 5.52. The lowest BCUT2D eigenvalue weighted by Gasteiger charge is -2.45. The monoisotopic (exact) mass is 431 g/mol. The molecule has 0 aliphatic carbocycles. The van der Waals surface area contributed by atoms with Crippen LogP contribution in [0.2, 0.25) is 5.02 Å². The first-order valence-electron chi connectivity index (χ1n) is 9.84. The van der Waals surface area contributed by atoms with E-state index in [1.807, 2.05) is 6.92 Å². The summed E-state index contributed by atoms with van der Waals surface area (Å²) in [7, 11) is 0. The van der Waals surface area contributed by atoms with E-state index in [1.54, 1.807) is 30.0 Å². The van der Waals surface area contributed by atoms with Crippen molar-refractivity contribution in [3.05, 3.63) is 46.7 Å². The highest BCUT2D eigenvalue weighted by Crippen LogP contribution is 2.44. The molecule has 9 heteroatoms. The van der Waals surface area contributed by atoms with Crippen LogP contribution in [0, 0.1) is 5.92 Å². The molecule has 0 fully saturated rings. The minimum absolute atomic E-state index is 0.0709. The predicted molar refractivity (Wildman–Crippen MR) is 115 cm³/mol. The summed E-state index contributed by atoms with van der Waals surface area (Å²) in [6.45, 7) is 5.24. The van der Waals surface area contributed by atoms with Crippen LogP contribution in [0.5, 0.6) is 0 Å². The van der Waals surface area contributed by atoms with Gasteiger partial charge in [-0.25, -0.2) is 9.97 Å². The lowest BCUT2D eigenvalue weighted by molar-refractivity contribution is -0.117. The minimum Gasteiger partial charge on any atom is -0.393 e. The van der Waals surface area contributed by atoms with Crippen molar-refractivity contribution in [1.29, 1.82) is 0 Å². The summed E-state index contributed by atoms with van der Waals surface area (Å²) in [5.41, 5.74) is 7.32. The molecule has 0 saturated carbocycles. The number of halogens is 1. The Kier molecular flexibility index (Phi) is 6.58. The van der Waals surface area contributed by atoms with E-state index in [1.165, 1.54) is 19.3 Å². The van der Waals surface area contributed by atoms with Crippen molar-refractivity contribution in [2.24, 2.45) is 11.7 Å². The smallest absolute Gasteiger partial charge is 0.248 e. The van der Waals surface area contributed by atoms with Crippen molar-refractivity contribution in [2.75, 3.05) is 10.2 Å².